The number of hydrogen-bond acceptors (Lipinski definition) is 9. The molecule has 1 aliphatic rings. The number of ether oxygens (including phenoxy) is 2. The highest BCUT2D eigenvalue weighted by molar-refractivity contribution is 7.19. The normalized spacial score (nSPS) is 13.3. The Morgan fingerprint density at radius 1 is 1.21 bits per heavy atom. The van der Waals surface area contributed by atoms with Crippen molar-refractivity contribution in [1.29, 1.82) is 0 Å². The number of amides is 1. The Morgan fingerprint density at radius 3 is 2.76 bits per heavy atom. The Labute approximate surface area is 198 Å². The fraction of sp³-hybridized carbons (Fsp3) is 0.304. The molecule has 11 heteroatoms. The van der Waals surface area contributed by atoms with Crippen molar-refractivity contribution in [3.63, 3.8) is 0 Å². The van der Waals surface area contributed by atoms with Crippen LogP contribution in [0.15, 0.2) is 41.6 Å². The average molecular weight is 479 g/mol. The van der Waals surface area contributed by atoms with E-state index in [1.54, 1.807) is 16.7 Å². The minimum Gasteiger partial charge on any atom is -0.437 e. The zero-order chi connectivity index (χ0) is 23.8. The molecule has 1 N–H and O–H groups in total. The van der Waals surface area contributed by atoms with Gasteiger partial charge in [0.15, 0.2) is 16.2 Å². The summed E-state index contributed by atoms with van der Waals surface area (Å²) in [6.45, 7) is 5.34. The van der Waals surface area contributed by atoms with Crippen LogP contribution in [0.4, 0.5) is 5.82 Å². The molecule has 0 aromatic carbocycles. The van der Waals surface area contributed by atoms with Crippen molar-refractivity contribution in [3.8, 4) is 22.6 Å². The molecule has 0 saturated heterocycles. The first-order valence-corrected chi connectivity index (χ1v) is 11.7. The molecule has 174 valence electrons. The van der Waals surface area contributed by atoms with Gasteiger partial charge in [0.2, 0.25) is 11.8 Å². The van der Waals surface area contributed by atoms with Gasteiger partial charge in [0.05, 0.1) is 6.20 Å². The van der Waals surface area contributed by atoms with E-state index in [1.807, 2.05) is 26.1 Å². The molecule has 4 aromatic rings. The highest BCUT2D eigenvalue weighted by Crippen LogP contribution is 2.41. The summed E-state index contributed by atoms with van der Waals surface area (Å²) in [5.74, 6) is 1.56. The zero-order valence-electron chi connectivity index (χ0n) is 18.8. The molecule has 0 bridgehead atoms. The lowest BCUT2D eigenvalue weighted by Crippen LogP contribution is -2.23. The number of anilines is 1. The van der Waals surface area contributed by atoms with Gasteiger partial charge >= 0.3 is 0 Å². The lowest BCUT2D eigenvalue weighted by molar-refractivity contribution is -0.114. The van der Waals surface area contributed by atoms with Crippen LogP contribution in [0.5, 0.6) is 22.6 Å². The summed E-state index contributed by atoms with van der Waals surface area (Å²) in [4.78, 5) is 41.8. The smallest absolute Gasteiger partial charge is 0.293 e. The summed E-state index contributed by atoms with van der Waals surface area (Å²) in [5.41, 5.74) is 1.30. The molecule has 1 saturated carbocycles. The number of aromatic nitrogens is 5. The molecule has 0 radical (unpaired) electrons. The van der Waals surface area contributed by atoms with Crippen molar-refractivity contribution < 1.29 is 14.3 Å². The van der Waals surface area contributed by atoms with E-state index >= 15 is 0 Å². The molecular formula is C23H22N6O4S. The Balaban J connectivity index is 1.40. The Morgan fingerprint density at radius 2 is 2.03 bits per heavy atom. The third-order valence-corrected chi connectivity index (χ3v) is 5.99. The van der Waals surface area contributed by atoms with E-state index in [9.17, 15) is 9.59 Å². The van der Waals surface area contributed by atoms with Gasteiger partial charge in [-0.3, -0.25) is 9.59 Å². The van der Waals surface area contributed by atoms with Crippen LogP contribution in [-0.2, 0) is 4.79 Å². The van der Waals surface area contributed by atoms with Crippen LogP contribution in [0.3, 0.4) is 0 Å². The molecule has 0 unspecified atom stereocenters. The van der Waals surface area contributed by atoms with Gasteiger partial charge < -0.3 is 19.4 Å². The van der Waals surface area contributed by atoms with Gasteiger partial charge in [0.25, 0.3) is 10.8 Å². The average Bonchev–Trinajstić information content (AvgIpc) is 3.55. The monoisotopic (exact) mass is 478 g/mol. The van der Waals surface area contributed by atoms with Gasteiger partial charge in [-0.05, 0) is 50.3 Å². The molecule has 1 fully saturated rings. The maximum Gasteiger partial charge on any atom is 0.293 e. The number of pyridine rings is 2. The first kappa shape index (κ1) is 22.0. The van der Waals surface area contributed by atoms with E-state index in [0.717, 1.165) is 18.4 Å². The van der Waals surface area contributed by atoms with Crippen molar-refractivity contribution in [2.24, 2.45) is 0 Å². The maximum absolute atomic E-state index is 12.9. The SMILES string of the molecule is CC(=O)Nc1cc(Oc2cnc3nc(Oc4cc(C5CC5)cn(C(C)C)c4=O)sc3n2)ccn1. The first-order valence-electron chi connectivity index (χ1n) is 10.8. The maximum atomic E-state index is 12.9. The van der Waals surface area contributed by atoms with E-state index in [0.29, 0.717) is 28.0 Å². The van der Waals surface area contributed by atoms with Gasteiger partial charge in [-0.15, -0.1) is 0 Å². The second-order valence-corrected chi connectivity index (χ2v) is 9.24. The second kappa shape index (κ2) is 8.82. The van der Waals surface area contributed by atoms with Gasteiger partial charge in [0.1, 0.15) is 11.6 Å². The Hall–Kier alpha value is -3.86. The van der Waals surface area contributed by atoms with E-state index in [2.05, 4.69) is 25.3 Å². The van der Waals surface area contributed by atoms with Crippen molar-refractivity contribution in [2.75, 3.05) is 5.32 Å². The number of carbonyl (C=O) groups is 1. The van der Waals surface area contributed by atoms with E-state index in [-0.39, 0.29) is 34.3 Å². The molecule has 0 atom stereocenters. The minimum atomic E-state index is -0.231. The lowest BCUT2D eigenvalue weighted by Gasteiger charge is -2.14. The van der Waals surface area contributed by atoms with Crippen LogP contribution in [0, 0.1) is 0 Å². The number of nitrogens with one attached hydrogen (secondary N) is 1. The fourth-order valence-corrected chi connectivity index (χ4v) is 4.17. The van der Waals surface area contributed by atoms with Crippen LogP contribution in [-0.4, -0.2) is 30.4 Å². The van der Waals surface area contributed by atoms with Crippen LogP contribution < -0.4 is 20.3 Å². The number of rotatable bonds is 7. The van der Waals surface area contributed by atoms with E-state index in [4.69, 9.17) is 9.47 Å². The van der Waals surface area contributed by atoms with Crippen LogP contribution in [0.2, 0.25) is 0 Å². The molecule has 0 spiro atoms. The van der Waals surface area contributed by atoms with Gasteiger partial charge in [-0.1, -0.05) is 11.3 Å². The molecule has 4 heterocycles. The molecule has 4 aromatic heterocycles. The quantitative estimate of drug-likeness (QED) is 0.408. The Kier molecular flexibility index (Phi) is 5.70. The minimum absolute atomic E-state index is 0.0197. The number of carbonyl (C=O) groups excluding carboxylic acids is 1. The molecule has 1 amide bonds. The highest BCUT2D eigenvalue weighted by Gasteiger charge is 2.26. The third kappa shape index (κ3) is 4.74. The standard InChI is InChI=1S/C23H22N6O4S/c1-12(2)29-11-15(14-4-5-14)8-17(22(29)31)33-23-28-20-21(34-23)27-19(10-25-20)32-16-6-7-24-18(9-16)26-13(3)30/h6-12,14H,4-5H2,1-3H3,(H,24,26,30). The molecule has 5 rings (SSSR count). The largest absolute Gasteiger partial charge is 0.437 e. The zero-order valence-corrected chi connectivity index (χ0v) is 19.6. The summed E-state index contributed by atoms with van der Waals surface area (Å²) in [5, 5.41) is 2.88. The van der Waals surface area contributed by atoms with Crippen molar-refractivity contribution >= 4 is 33.5 Å². The summed E-state index contributed by atoms with van der Waals surface area (Å²) >= 11 is 1.18. The third-order valence-electron chi connectivity index (χ3n) is 5.17. The number of nitrogens with zero attached hydrogens (tertiary/aromatic N) is 5. The van der Waals surface area contributed by atoms with Gasteiger partial charge in [-0.2, -0.15) is 9.97 Å². The summed E-state index contributed by atoms with van der Waals surface area (Å²) in [6.07, 6.45) is 7.14. The predicted octanol–water partition coefficient (Wildman–Crippen LogP) is 4.64. The highest BCUT2D eigenvalue weighted by atomic mass is 32.1. The lowest BCUT2D eigenvalue weighted by atomic mass is 10.2. The molecule has 34 heavy (non-hydrogen) atoms. The molecular weight excluding hydrogens is 456 g/mol. The van der Waals surface area contributed by atoms with Gasteiger partial charge in [-0.25, -0.2) is 9.97 Å². The van der Waals surface area contributed by atoms with Gasteiger partial charge in [0, 0.05) is 31.4 Å². The second-order valence-electron chi connectivity index (χ2n) is 8.30. The number of fused-ring (bicyclic) bond motifs is 1. The predicted molar refractivity (Wildman–Crippen MR) is 127 cm³/mol. The summed E-state index contributed by atoms with van der Waals surface area (Å²) in [6, 6.07) is 5.06. The summed E-state index contributed by atoms with van der Waals surface area (Å²) < 4.78 is 13.4. The van der Waals surface area contributed by atoms with Crippen LogP contribution in [0.25, 0.3) is 10.5 Å². The Bertz CT molecular complexity index is 1440. The summed E-state index contributed by atoms with van der Waals surface area (Å²) in [7, 11) is 0. The van der Waals surface area contributed by atoms with E-state index in [1.165, 1.54) is 30.7 Å². The number of thiazole rings is 1. The van der Waals surface area contributed by atoms with Crippen LogP contribution >= 0.6 is 11.3 Å². The van der Waals surface area contributed by atoms with Crippen LogP contribution in [0.1, 0.15) is 51.1 Å². The molecule has 0 aliphatic heterocycles. The topological polar surface area (TPSA) is 121 Å². The van der Waals surface area contributed by atoms with E-state index < -0.39 is 0 Å². The van der Waals surface area contributed by atoms with Crippen molar-refractivity contribution in [2.45, 2.75) is 45.6 Å². The van der Waals surface area contributed by atoms with Crippen molar-refractivity contribution in [1.82, 2.24) is 24.5 Å². The fourth-order valence-electron chi connectivity index (χ4n) is 3.41. The first-order chi connectivity index (χ1) is 16.4. The molecule has 1 aliphatic carbocycles. The molecule has 10 nitrogen and oxygen atoms in total. The number of hydrogen-bond donors (Lipinski definition) is 1. The van der Waals surface area contributed by atoms with Crippen molar-refractivity contribution in [3.05, 3.63) is 52.7 Å².